The standard InChI is InChI=1S/C30H27ClN2O3S/c31-26-13-15-28(16-14-26)37(35,36)33(22-27-8-4-5-19-32-27)21-23-9-11-24(12-10-23)29(34)20-30(17-18-30)25-6-2-1-3-7-25/h1-16,19H,17-18,20-22H2. The molecule has 5 rings (SSSR count). The molecule has 1 aliphatic carbocycles. The number of rotatable bonds is 10. The van der Waals surface area contributed by atoms with Crippen LogP contribution in [0.25, 0.3) is 0 Å². The van der Waals surface area contributed by atoms with Crippen molar-refractivity contribution in [1.82, 2.24) is 9.29 Å². The first-order valence-electron chi connectivity index (χ1n) is 12.2. The van der Waals surface area contributed by atoms with Gasteiger partial charge in [-0.15, -0.1) is 0 Å². The second-order valence-electron chi connectivity index (χ2n) is 9.49. The minimum Gasteiger partial charge on any atom is -0.294 e. The van der Waals surface area contributed by atoms with Crippen molar-refractivity contribution in [3.05, 3.63) is 131 Å². The van der Waals surface area contributed by atoms with Gasteiger partial charge in [0.2, 0.25) is 10.0 Å². The molecule has 0 aliphatic heterocycles. The summed E-state index contributed by atoms with van der Waals surface area (Å²) in [6.45, 7) is 0.260. The maximum atomic E-state index is 13.5. The third-order valence-corrected chi connectivity index (χ3v) is 8.95. The Hall–Kier alpha value is -3.32. The van der Waals surface area contributed by atoms with Gasteiger partial charge in [-0.25, -0.2) is 8.42 Å². The van der Waals surface area contributed by atoms with Gasteiger partial charge in [0.1, 0.15) is 0 Å². The summed E-state index contributed by atoms with van der Waals surface area (Å²) in [6.07, 6.45) is 4.16. The van der Waals surface area contributed by atoms with Crippen molar-refractivity contribution in [2.75, 3.05) is 0 Å². The average Bonchev–Trinajstić information content (AvgIpc) is 3.70. The van der Waals surface area contributed by atoms with Crippen molar-refractivity contribution < 1.29 is 13.2 Å². The lowest BCUT2D eigenvalue weighted by atomic mass is 9.88. The van der Waals surface area contributed by atoms with Gasteiger partial charge in [-0.05, 0) is 60.4 Å². The molecule has 0 N–H and O–H groups in total. The summed E-state index contributed by atoms with van der Waals surface area (Å²) in [5, 5.41) is 0.468. The second kappa shape index (κ2) is 10.6. The van der Waals surface area contributed by atoms with Gasteiger partial charge in [-0.2, -0.15) is 4.31 Å². The van der Waals surface area contributed by atoms with Crippen LogP contribution >= 0.6 is 11.6 Å². The molecule has 0 unspecified atom stereocenters. The Morgan fingerprint density at radius 2 is 1.51 bits per heavy atom. The fourth-order valence-electron chi connectivity index (χ4n) is 4.57. The van der Waals surface area contributed by atoms with E-state index in [1.165, 1.54) is 22.0 Å². The molecule has 0 radical (unpaired) electrons. The highest BCUT2D eigenvalue weighted by Gasteiger charge is 2.45. The van der Waals surface area contributed by atoms with Crippen LogP contribution in [0.1, 0.15) is 46.4 Å². The van der Waals surface area contributed by atoms with Crippen LogP contribution in [-0.4, -0.2) is 23.5 Å². The fourth-order valence-corrected chi connectivity index (χ4v) is 6.10. The van der Waals surface area contributed by atoms with Gasteiger partial charge in [-0.1, -0.05) is 72.3 Å². The number of hydrogen-bond donors (Lipinski definition) is 0. The van der Waals surface area contributed by atoms with Crippen molar-refractivity contribution in [2.45, 2.75) is 42.7 Å². The number of nitrogens with zero attached hydrogens (tertiary/aromatic N) is 2. The highest BCUT2D eigenvalue weighted by atomic mass is 35.5. The average molecular weight is 531 g/mol. The van der Waals surface area contributed by atoms with Crippen LogP contribution in [0.2, 0.25) is 5.02 Å². The van der Waals surface area contributed by atoms with Gasteiger partial charge in [0, 0.05) is 35.2 Å². The molecular formula is C30H27ClN2O3S. The zero-order valence-corrected chi connectivity index (χ0v) is 21.8. The maximum absolute atomic E-state index is 13.5. The number of benzene rings is 3. The molecule has 3 aromatic carbocycles. The predicted molar refractivity (Wildman–Crippen MR) is 145 cm³/mol. The lowest BCUT2D eigenvalue weighted by molar-refractivity contribution is 0.0970. The van der Waals surface area contributed by atoms with Gasteiger partial charge < -0.3 is 0 Å². The summed E-state index contributed by atoms with van der Waals surface area (Å²) in [5.41, 5.74) is 3.24. The number of carbonyl (C=O) groups is 1. The number of Topliss-reactive ketones (excluding diaryl/α,β-unsaturated/α-hetero) is 1. The molecule has 0 saturated heterocycles. The molecule has 37 heavy (non-hydrogen) atoms. The Labute approximate surface area is 222 Å². The van der Waals surface area contributed by atoms with Crippen LogP contribution in [0, 0.1) is 0 Å². The van der Waals surface area contributed by atoms with E-state index in [1.807, 2.05) is 36.4 Å². The minimum atomic E-state index is -3.82. The largest absolute Gasteiger partial charge is 0.294 e. The lowest BCUT2D eigenvalue weighted by Crippen LogP contribution is -2.30. The molecule has 1 saturated carbocycles. The summed E-state index contributed by atoms with van der Waals surface area (Å²) in [5.74, 6) is 0.104. The van der Waals surface area contributed by atoms with Gasteiger partial charge >= 0.3 is 0 Å². The molecule has 0 spiro atoms. The molecule has 0 atom stereocenters. The quantitative estimate of drug-likeness (QED) is 0.221. The van der Waals surface area contributed by atoms with E-state index < -0.39 is 10.0 Å². The third-order valence-electron chi connectivity index (χ3n) is 6.89. The van der Waals surface area contributed by atoms with Gasteiger partial charge in [0.25, 0.3) is 0 Å². The van der Waals surface area contributed by atoms with E-state index in [9.17, 15) is 13.2 Å². The highest BCUT2D eigenvalue weighted by Crippen LogP contribution is 2.51. The molecule has 188 valence electrons. The number of ketones is 1. The minimum absolute atomic E-state index is 0.0524. The van der Waals surface area contributed by atoms with E-state index in [2.05, 4.69) is 17.1 Å². The summed E-state index contributed by atoms with van der Waals surface area (Å²) >= 11 is 5.97. The number of carbonyl (C=O) groups excluding carboxylic acids is 1. The van der Waals surface area contributed by atoms with Crippen molar-refractivity contribution in [3.8, 4) is 0 Å². The summed E-state index contributed by atoms with van der Waals surface area (Å²) in [6, 6.07) is 29.0. The smallest absolute Gasteiger partial charge is 0.243 e. The Morgan fingerprint density at radius 3 is 2.14 bits per heavy atom. The summed E-state index contributed by atoms with van der Waals surface area (Å²) in [7, 11) is -3.82. The molecule has 1 heterocycles. The van der Waals surface area contributed by atoms with Crippen LogP contribution in [0.15, 0.2) is 108 Å². The lowest BCUT2D eigenvalue weighted by Gasteiger charge is -2.22. The van der Waals surface area contributed by atoms with Crippen molar-refractivity contribution in [3.63, 3.8) is 0 Å². The molecule has 0 bridgehead atoms. The van der Waals surface area contributed by atoms with Crippen LogP contribution in [0.3, 0.4) is 0 Å². The number of aromatic nitrogens is 1. The van der Waals surface area contributed by atoms with Crippen LogP contribution < -0.4 is 0 Å². The Balaban J connectivity index is 1.34. The van der Waals surface area contributed by atoms with Crippen molar-refractivity contribution >= 4 is 27.4 Å². The number of halogens is 1. The Bertz CT molecular complexity index is 1470. The first kappa shape index (κ1) is 25.3. The van der Waals surface area contributed by atoms with Gasteiger partial charge in [0.05, 0.1) is 17.1 Å². The zero-order chi connectivity index (χ0) is 25.9. The third kappa shape index (κ3) is 5.82. The predicted octanol–water partition coefficient (Wildman–Crippen LogP) is 6.43. The highest BCUT2D eigenvalue weighted by molar-refractivity contribution is 7.89. The topological polar surface area (TPSA) is 67.3 Å². The fraction of sp³-hybridized carbons (Fsp3) is 0.200. The molecular weight excluding hydrogens is 504 g/mol. The number of pyridine rings is 1. The van der Waals surface area contributed by atoms with E-state index in [-0.39, 0.29) is 29.2 Å². The van der Waals surface area contributed by atoms with E-state index >= 15 is 0 Å². The Morgan fingerprint density at radius 1 is 0.838 bits per heavy atom. The zero-order valence-electron chi connectivity index (χ0n) is 20.3. The van der Waals surface area contributed by atoms with Crippen LogP contribution in [-0.2, 0) is 28.5 Å². The van der Waals surface area contributed by atoms with Crippen molar-refractivity contribution in [2.24, 2.45) is 0 Å². The second-order valence-corrected chi connectivity index (χ2v) is 11.9. The SMILES string of the molecule is O=C(CC1(c2ccccc2)CC1)c1ccc(CN(Cc2ccccn2)S(=O)(=O)c2ccc(Cl)cc2)cc1. The number of hydrogen-bond acceptors (Lipinski definition) is 4. The molecule has 5 nitrogen and oxygen atoms in total. The van der Waals surface area contributed by atoms with Crippen molar-refractivity contribution in [1.29, 1.82) is 0 Å². The van der Waals surface area contributed by atoms with Gasteiger partial charge in [0.15, 0.2) is 5.78 Å². The Kier molecular flexibility index (Phi) is 7.24. The summed E-state index contributed by atoms with van der Waals surface area (Å²) < 4.78 is 28.4. The van der Waals surface area contributed by atoms with Crippen LogP contribution in [0.5, 0.6) is 0 Å². The van der Waals surface area contributed by atoms with E-state index in [0.29, 0.717) is 22.7 Å². The number of sulfonamides is 1. The summed E-state index contributed by atoms with van der Waals surface area (Å²) in [4.78, 5) is 17.6. The van der Waals surface area contributed by atoms with Gasteiger partial charge in [-0.3, -0.25) is 9.78 Å². The first-order chi connectivity index (χ1) is 17.9. The van der Waals surface area contributed by atoms with E-state index in [0.717, 1.165) is 18.4 Å². The first-order valence-corrected chi connectivity index (χ1v) is 14.0. The maximum Gasteiger partial charge on any atom is 0.243 e. The van der Waals surface area contributed by atoms with E-state index in [4.69, 9.17) is 11.6 Å². The molecule has 0 amide bonds. The molecule has 1 aliphatic rings. The molecule has 1 aromatic heterocycles. The molecule has 7 heteroatoms. The molecule has 1 fully saturated rings. The van der Waals surface area contributed by atoms with Crippen LogP contribution in [0.4, 0.5) is 0 Å². The monoisotopic (exact) mass is 530 g/mol. The normalized spacial score (nSPS) is 14.4. The molecule has 4 aromatic rings. The van der Waals surface area contributed by atoms with E-state index in [1.54, 1.807) is 42.6 Å².